The zero-order valence-electron chi connectivity index (χ0n) is 11.1. The summed E-state index contributed by atoms with van der Waals surface area (Å²) in [5.74, 6) is 6.31. The van der Waals surface area contributed by atoms with Crippen LogP contribution in [0.5, 0.6) is 0 Å². The standard InChI is InChI=1S/C15H20N2OS/c16-9-4-7-12-8-10-19-14(12)11-17-15(18)13-5-2-1-3-6-13/h8,10,13H,1-3,5-6,9,11,16H2,(H,17,18). The molecule has 1 heterocycles. The smallest absolute Gasteiger partial charge is 0.223 e. The zero-order chi connectivity index (χ0) is 13.5. The molecule has 0 aromatic carbocycles. The van der Waals surface area contributed by atoms with Crippen LogP contribution in [0.2, 0.25) is 0 Å². The monoisotopic (exact) mass is 276 g/mol. The fourth-order valence-corrected chi connectivity index (χ4v) is 3.18. The molecule has 0 saturated heterocycles. The van der Waals surface area contributed by atoms with E-state index in [2.05, 4.69) is 17.2 Å². The Hall–Kier alpha value is -1.31. The van der Waals surface area contributed by atoms with Crippen molar-refractivity contribution in [2.75, 3.05) is 6.54 Å². The number of thiophene rings is 1. The van der Waals surface area contributed by atoms with Crippen LogP contribution in [-0.4, -0.2) is 12.5 Å². The van der Waals surface area contributed by atoms with Crippen molar-refractivity contribution in [1.82, 2.24) is 5.32 Å². The van der Waals surface area contributed by atoms with Crippen molar-refractivity contribution in [1.29, 1.82) is 0 Å². The summed E-state index contributed by atoms with van der Waals surface area (Å²) in [6, 6.07) is 1.98. The van der Waals surface area contributed by atoms with Gasteiger partial charge in [-0.05, 0) is 24.3 Å². The van der Waals surface area contributed by atoms with Crippen molar-refractivity contribution in [3.63, 3.8) is 0 Å². The van der Waals surface area contributed by atoms with Gasteiger partial charge >= 0.3 is 0 Å². The maximum Gasteiger partial charge on any atom is 0.223 e. The number of hydrogen-bond donors (Lipinski definition) is 2. The minimum absolute atomic E-state index is 0.200. The van der Waals surface area contributed by atoms with Crippen molar-refractivity contribution in [2.24, 2.45) is 11.7 Å². The molecule has 1 amide bonds. The molecule has 0 atom stereocenters. The van der Waals surface area contributed by atoms with Gasteiger partial charge in [0.15, 0.2) is 0 Å². The van der Waals surface area contributed by atoms with Crippen molar-refractivity contribution in [3.05, 3.63) is 21.9 Å². The Kier molecular flexibility index (Phi) is 5.44. The molecule has 0 radical (unpaired) electrons. The fourth-order valence-electron chi connectivity index (χ4n) is 2.41. The lowest BCUT2D eigenvalue weighted by Gasteiger charge is -2.20. The average Bonchev–Trinajstić information content (AvgIpc) is 2.91. The van der Waals surface area contributed by atoms with Crippen molar-refractivity contribution in [2.45, 2.75) is 38.6 Å². The number of hydrogen-bond acceptors (Lipinski definition) is 3. The quantitative estimate of drug-likeness (QED) is 0.832. The molecule has 1 aromatic rings. The number of nitrogens with one attached hydrogen (secondary N) is 1. The summed E-state index contributed by atoms with van der Waals surface area (Å²) in [5, 5.41) is 5.05. The van der Waals surface area contributed by atoms with E-state index >= 15 is 0 Å². The van der Waals surface area contributed by atoms with E-state index in [1.165, 1.54) is 19.3 Å². The van der Waals surface area contributed by atoms with Gasteiger partial charge in [0, 0.05) is 16.4 Å². The van der Waals surface area contributed by atoms with Crippen LogP contribution in [0.15, 0.2) is 11.4 Å². The second kappa shape index (κ2) is 7.32. The molecule has 1 fully saturated rings. The van der Waals surface area contributed by atoms with Crippen LogP contribution in [0.3, 0.4) is 0 Å². The number of carbonyl (C=O) groups is 1. The van der Waals surface area contributed by atoms with Crippen LogP contribution in [-0.2, 0) is 11.3 Å². The van der Waals surface area contributed by atoms with E-state index in [-0.39, 0.29) is 11.8 Å². The summed E-state index contributed by atoms with van der Waals surface area (Å²) in [7, 11) is 0. The molecule has 19 heavy (non-hydrogen) atoms. The summed E-state index contributed by atoms with van der Waals surface area (Å²) in [6.45, 7) is 0.950. The highest BCUT2D eigenvalue weighted by Gasteiger charge is 2.20. The van der Waals surface area contributed by atoms with E-state index in [4.69, 9.17) is 5.73 Å². The van der Waals surface area contributed by atoms with Crippen LogP contribution >= 0.6 is 11.3 Å². The van der Waals surface area contributed by atoms with Crippen molar-refractivity contribution >= 4 is 17.2 Å². The fraction of sp³-hybridized carbons (Fsp3) is 0.533. The molecular formula is C15H20N2OS. The summed E-state index contributed by atoms with van der Waals surface area (Å²) in [6.07, 6.45) is 5.72. The zero-order valence-corrected chi connectivity index (χ0v) is 11.9. The SMILES string of the molecule is NCC#Cc1ccsc1CNC(=O)C1CCCCC1. The molecule has 1 aliphatic rings. The molecule has 0 unspecified atom stereocenters. The molecule has 3 nitrogen and oxygen atoms in total. The molecule has 0 bridgehead atoms. The third kappa shape index (κ3) is 4.09. The minimum Gasteiger partial charge on any atom is -0.351 e. The van der Waals surface area contributed by atoms with Crippen molar-refractivity contribution < 1.29 is 4.79 Å². The number of carbonyl (C=O) groups excluding carboxylic acids is 1. The van der Waals surface area contributed by atoms with Gasteiger partial charge in [0.2, 0.25) is 5.91 Å². The summed E-state index contributed by atoms with van der Waals surface area (Å²) < 4.78 is 0. The van der Waals surface area contributed by atoms with Crippen LogP contribution in [0, 0.1) is 17.8 Å². The van der Waals surface area contributed by atoms with Crippen LogP contribution < -0.4 is 11.1 Å². The average molecular weight is 276 g/mol. The molecule has 1 saturated carbocycles. The molecular weight excluding hydrogens is 256 g/mol. The lowest BCUT2D eigenvalue weighted by molar-refractivity contribution is -0.126. The van der Waals surface area contributed by atoms with E-state index in [1.54, 1.807) is 11.3 Å². The van der Waals surface area contributed by atoms with E-state index in [1.807, 2.05) is 11.4 Å². The number of rotatable bonds is 3. The second-order valence-electron chi connectivity index (χ2n) is 4.82. The van der Waals surface area contributed by atoms with Crippen molar-refractivity contribution in [3.8, 4) is 11.8 Å². The molecule has 102 valence electrons. The molecule has 2 rings (SSSR count). The molecule has 0 spiro atoms. The predicted molar refractivity (Wildman–Crippen MR) is 78.7 cm³/mol. The number of nitrogens with two attached hydrogens (primary N) is 1. The lowest BCUT2D eigenvalue weighted by atomic mass is 9.89. The highest BCUT2D eigenvalue weighted by Crippen LogP contribution is 2.24. The van der Waals surface area contributed by atoms with Crippen LogP contribution in [0.1, 0.15) is 42.5 Å². The van der Waals surface area contributed by atoms with E-state index in [0.29, 0.717) is 13.1 Å². The first-order valence-electron chi connectivity index (χ1n) is 6.84. The van der Waals surface area contributed by atoms with Gasteiger partial charge < -0.3 is 11.1 Å². The van der Waals surface area contributed by atoms with Gasteiger partial charge in [-0.1, -0.05) is 31.1 Å². The van der Waals surface area contributed by atoms with Crippen LogP contribution in [0.4, 0.5) is 0 Å². The maximum absolute atomic E-state index is 12.1. The Morgan fingerprint density at radius 2 is 2.21 bits per heavy atom. The Labute approximate surface area is 118 Å². The Morgan fingerprint density at radius 3 is 2.95 bits per heavy atom. The molecule has 4 heteroatoms. The highest BCUT2D eigenvalue weighted by atomic mass is 32.1. The third-order valence-corrected chi connectivity index (χ3v) is 4.39. The molecule has 0 aliphatic heterocycles. The van der Waals surface area contributed by atoms with E-state index in [9.17, 15) is 4.79 Å². The van der Waals surface area contributed by atoms with Gasteiger partial charge in [-0.2, -0.15) is 0 Å². The van der Waals surface area contributed by atoms with Crippen LogP contribution in [0.25, 0.3) is 0 Å². The largest absolute Gasteiger partial charge is 0.351 e. The highest BCUT2D eigenvalue weighted by molar-refractivity contribution is 7.10. The van der Waals surface area contributed by atoms with Gasteiger partial charge in [-0.15, -0.1) is 11.3 Å². The van der Waals surface area contributed by atoms with Gasteiger partial charge in [-0.25, -0.2) is 0 Å². The third-order valence-electron chi connectivity index (χ3n) is 3.47. The first kappa shape index (κ1) is 14.1. The Bertz CT molecular complexity index is 478. The van der Waals surface area contributed by atoms with Gasteiger partial charge in [0.1, 0.15) is 0 Å². The molecule has 1 aromatic heterocycles. The minimum atomic E-state index is 0.200. The van der Waals surface area contributed by atoms with E-state index < -0.39 is 0 Å². The van der Waals surface area contributed by atoms with Gasteiger partial charge in [-0.3, -0.25) is 4.79 Å². The van der Waals surface area contributed by atoms with Gasteiger partial charge in [0.05, 0.1) is 13.1 Å². The number of amides is 1. The molecule has 1 aliphatic carbocycles. The Morgan fingerprint density at radius 1 is 1.42 bits per heavy atom. The summed E-state index contributed by atoms with van der Waals surface area (Å²) >= 11 is 1.63. The van der Waals surface area contributed by atoms with Gasteiger partial charge in [0.25, 0.3) is 0 Å². The summed E-state index contributed by atoms with van der Waals surface area (Å²) in [5.41, 5.74) is 6.36. The first-order valence-corrected chi connectivity index (χ1v) is 7.72. The lowest BCUT2D eigenvalue weighted by Crippen LogP contribution is -2.31. The topological polar surface area (TPSA) is 55.1 Å². The Balaban J connectivity index is 1.88. The van der Waals surface area contributed by atoms with E-state index in [0.717, 1.165) is 23.3 Å². The second-order valence-corrected chi connectivity index (χ2v) is 5.82. The predicted octanol–water partition coefficient (Wildman–Crippen LogP) is 2.25. The summed E-state index contributed by atoms with van der Waals surface area (Å²) in [4.78, 5) is 13.2. The maximum atomic E-state index is 12.1. The first-order chi connectivity index (χ1) is 9.31. The molecule has 3 N–H and O–H groups in total. The normalized spacial score (nSPS) is 15.6.